The zero-order valence-corrected chi connectivity index (χ0v) is 15.1. The second-order valence-corrected chi connectivity index (χ2v) is 7.44. The van der Waals surface area contributed by atoms with Crippen molar-refractivity contribution in [1.29, 1.82) is 0 Å². The highest BCUT2D eigenvalue weighted by atomic mass is 19.3. The van der Waals surface area contributed by atoms with Crippen molar-refractivity contribution >= 4 is 23.0 Å². The minimum Gasteiger partial charge on any atom is -0.511 e. The molecule has 0 saturated heterocycles. The number of primary amides is 1. The first-order valence-corrected chi connectivity index (χ1v) is 8.86. The second-order valence-electron chi connectivity index (χ2n) is 7.44. The number of phenolic OH excluding ortho intramolecular Hbond substituents is 1. The van der Waals surface area contributed by atoms with Gasteiger partial charge in [0, 0.05) is 29.4 Å². The molecule has 156 valence electrons. The summed E-state index contributed by atoms with van der Waals surface area (Å²) in [5, 5.41) is 42.0. The zero-order valence-electron chi connectivity index (χ0n) is 15.1. The summed E-state index contributed by atoms with van der Waals surface area (Å²) >= 11 is 0. The topological polar surface area (TPSA) is 158 Å². The number of hydrogen-bond acceptors (Lipinski definition) is 7. The molecule has 0 aliphatic heterocycles. The maximum Gasteiger partial charge on any atom is 0.274 e. The van der Waals surface area contributed by atoms with Crippen molar-refractivity contribution in [2.75, 3.05) is 0 Å². The number of benzene rings is 1. The van der Waals surface area contributed by atoms with Gasteiger partial charge in [0.2, 0.25) is 5.78 Å². The largest absolute Gasteiger partial charge is 0.511 e. The number of Topliss-reactive ketones (excluding diaryl/α,β-unsaturated/α-hetero) is 2. The van der Waals surface area contributed by atoms with Gasteiger partial charge in [0.1, 0.15) is 22.8 Å². The van der Waals surface area contributed by atoms with Crippen molar-refractivity contribution in [1.82, 2.24) is 0 Å². The molecular formula is C20H15F2NO7. The van der Waals surface area contributed by atoms with Gasteiger partial charge in [0.15, 0.2) is 11.4 Å². The Balaban J connectivity index is 2.02. The Hall–Kier alpha value is -3.53. The first-order chi connectivity index (χ1) is 14.0. The number of aliphatic hydroxyl groups excluding tert-OH is 2. The van der Waals surface area contributed by atoms with Crippen molar-refractivity contribution < 1.29 is 43.6 Å². The molecule has 0 bridgehead atoms. The SMILES string of the molecule is NC(=O)C1=C(O)CC2C[C@H]3C(=C(O)[C@]2(O)C1=O)C(=O)c1c(O)cccc1C3=C(F)F. The van der Waals surface area contributed by atoms with Crippen LogP contribution in [0.15, 0.2) is 46.9 Å². The van der Waals surface area contributed by atoms with Gasteiger partial charge in [-0.25, -0.2) is 0 Å². The molecule has 30 heavy (non-hydrogen) atoms. The predicted octanol–water partition coefficient (Wildman–Crippen LogP) is 1.65. The van der Waals surface area contributed by atoms with Gasteiger partial charge in [-0.15, -0.1) is 0 Å². The van der Waals surface area contributed by atoms with Crippen molar-refractivity contribution in [3.63, 3.8) is 0 Å². The van der Waals surface area contributed by atoms with E-state index in [2.05, 4.69) is 0 Å². The fourth-order valence-corrected chi connectivity index (χ4v) is 4.66. The van der Waals surface area contributed by atoms with E-state index in [1.54, 1.807) is 0 Å². The van der Waals surface area contributed by atoms with Crippen LogP contribution in [-0.2, 0) is 9.59 Å². The molecule has 10 heteroatoms. The molecule has 1 amide bonds. The summed E-state index contributed by atoms with van der Waals surface area (Å²) in [6.07, 6.45) is -3.09. The van der Waals surface area contributed by atoms with Gasteiger partial charge in [-0.05, 0) is 18.1 Å². The van der Waals surface area contributed by atoms with E-state index < -0.39 is 93.4 Å². The molecule has 3 aliphatic carbocycles. The van der Waals surface area contributed by atoms with E-state index in [1.807, 2.05) is 0 Å². The van der Waals surface area contributed by atoms with Gasteiger partial charge in [-0.2, -0.15) is 8.78 Å². The van der Waals surface area contributed by atoms with Crippen LogP contribution in [0.3, 0.4) is 0 Å². The molecular weight excluding hydrogens is 404 g/mol. The van der Waals surface area contributed by atoms with Crippen molar-refractivity contribution in [2.24, 2.45) is 17.6 Å². The van der Waals surface area contributed by atoms with Gasteiger partial charge in [0.25, 0.3) is 12.0 Å². The molecule has 3 atom stereocenters. The Bertz CT molecular complexity index is 1150. The molecule has 1 unspecified atom stereocenters. The summed E-state index contributed by atoms with van der Waals surface area (Å²) in [7, 11) is 0. The summed E-state index contributed by atoms with van der Waals surface area (Å²) < 4.78 is 27.9. The van der Waals surface area contributed by atoms with E-state index in [-0.39, 0.29) is 5.56 Å². The Morgan fingerprint density at radius 3 is 2.43 bits per heavy atom. The predicted molar refractivity (Wildman–Crippen MR) is 96.2 cm³/mol. The number of hydrogen-bond donors (Lipinski definition) is 5. The minimum absolute atomic E-state index is 0.230. The van der Waals surface area contributed by atoms with Crippen molar-refractivity contribution in [2.45, 2.75) is 18.4 Å². The highest BCUT2D eigenvalue weighted by Crippen LogP contribution is 2.55. The lowest BCUT2D eigenvalue weighted by Crippen LogP contribution is -2.57. The van der Waals surface area contributed by atoms with Crippen LogP contribution in [-0.4, -0.2) is 43.5 Å². The van der Waals surface area contributed by atoms with Gasteiger partial charge in [-0.3, -0.25) is 14.4 Å². The number of halogens is 2. The number of nitrogens with two attached hydrogens (primary N) is 1. The van der Waals surface area contributed by atoms with Crippen LogP contribution in [0.4, 0.5) is 8.78 Å². The third kappa shape index (κ3) is 2.31. The lowest BCUT2D eigenvalue weighted by atomic mass is 9.59. The molecule has 6 N–H and O–H groups in total. The summed E-state index contributed by atoms with van der Waals surface area (Å²) in [5.41, 5.74) is -0.702. The third-order valence-electron chi connectivity index (χ3n) is 5.98. The molecule has 0 radical (unpaired) electrons. The van der Waals surface area contributed by atoms with Crippen molar-refractivity contribution in [3.05, 3.63) is 58.1 Å². The first-order valence-electron chi connectivity index (χ1n) is 8.86. The fraction of sp³-hybridized carbons (Fsp3) is 0.250. The summed E-state index contributed by atoms with van der Waals surface area (Å²) in [6, 6.07) is 3.58. The van der Waals surface area contributed by atoms with Crippen LogP contribution < -0.4 is 5.73 Å². The Kier molecular flexibility index (Phi) is 4.11. The molecule has 0 heterocycles. The molecule has 0 saturated carbocycles. The number of phenols is 1. The van der Waals surface area contributed by atoms with Gasteiger partial charge in [0.05, 0.1) is 5.56 Å². The Labute approximate surface area is 167 Å². The number of fused-ring (bicyclic) bond motifs is 3. The highest BCUT2D eigenvalue weighted by Gasteiger charge is 2.60. The van der Waals surface area contributed by atoms with Crippen LogP contribution >= 0.6 is 0 Å². The molecule has 0 fully saturated rings. The van der Waals surface area contributed by atoms with Crippen LogP contribution in [0.2, 0.25) is 0 Å². The van der Waals surface area contributed by atoms with E-state index in [4.69, 9.17) is 5.73 Å². The number of amides is 1. The van der Waals surface area contributed by atoms with E-state index in [0.29, 0.717) is 0 Å². The lowest BCUT2D eigenvalue weighted by molar-refractivity contribution is -0.143. The van der Waals surface area contributed by atoms with Gasteiger partial charge in [-0.1, -0.05) is 12.1 Å². The highest BCUT2D eigenvalue weighted by molar-refractivity contribution is 6.25. The average Bonchev–Trinajstić information content (AvgIpc) is 2.64. The average molecular weight is 419 g/mol. The first kappa shape index (κ1) is 19.8. The number of carbonyl (C=O) groups excluding carboxylic acids is 3. The van der Waals surface area contributed by atoms with Gasteiger partial charge >= 0.3 is 0 Å². The third-order valence-corrected chi connectivity index (χ3v) is 5.98. The Morgan fingerprint density at radius 2 is 1.83 bits per heavy atom. The molecule has 4 rings (SSSR count). The fourth-order valence-electron chi connectivity index (χ4n) is 4.66. The maximum absolute atomic E-state index is 13.9. The van der Waals surface area contributed by atoms with Gasteiger partial charge < -0.3 is 26.2 Å². The van der Waals surface area contributed by atoms with Crippen molar-refractivity contribution in [3.8, 4) is 5.75 Å². The van der Waals surface area contributed by atoms with E-state index >= 15 is 0 Å². The summed E-state index contributed by atoms with van der Waals surface area (Å²) in [5.74, 6) is -9.06. The van der Waals surface area contributed by atoms with Crippen LogP contribution in [0, 0.1) is 11.8 Å². The zero-order chi connectivity index (χ0) is 22.1. The smallest absolute Gasteiger partial charge is 0.274 e. The molecule has 1 aromatic rings. The monoisotopic (exact) mass is 419 g/mol. The second kappa shape index (κ2) is 6.23. The number of aromatic hydroxyl groups is 1. The number of carbonyl (C=O) groups is 3. The van der Waals surface area contributed by atoms with Crippen LogP contribution in [0.25, 0.3) is 5.57 Å². The lowest BCUT2D eigenvalue weighted by Gasteiger charge is -2.45. The number of ketones is 2. The number of rotatable bonds is 1. The number of aliphatic hydroxyl groups is 3. The van der Waals surface area contributed by atoms with E-state index in [9.17, 15) is 43.6 Å². The number of allylic oxidation sites excluding steroid dienone is 3. The normalized spacial score (nSPS) is 28.2. The molecule has 1 aromatic carbocycles. The molecule has 0 spiro atoms. The summed E-state index contributed by atoms with van der Waals surface area (Å²) in [6.45, 7) is 0. The molecule has 3 aliphatic rings. The van der Waals surface area contributed by atoms with Crippen LogP contribution in [0.1, 0.15) is 28.8 Å². The van der Waals surface area contributed by atoms with E-state index in [1.165, 1.54) is 12.1 Å². The molecule has 0 aromatic heterocycles. The maximum atomic E-state index is 13.9. The molecule has 8 nitrogen and oxygen atoms in total. The van der Waals surface area contributed by atoms with E-state index in [0.717, 1.165) is 6.07 Å². The quantitative estimate of drug-likeness (QED) is 0.433. The Morgan fingerprint density at radius 1 is 1.17 bits per heavy atom. The minimum atomic E-state index is -2.81. The van der Waals surface area contributed by atoms with Crippen LogP contribution in [0.5, 0.6) is 5.75 Å². The standard InChI is InChI=1S/C20H15F2NO7/c21-18(22)11-7-2-1-3-9(24)12(7)15(26)13-8(11)4-6-5-10(25)14(19(23)29)17(28)20(6,30)16(13)27/h1-3,6,8,24-25,27,30H,4-5H2,(H2,23,29)/t6?,8-,20+/m1/s1. The summed E-state index contributed by atoms with van der Waals surface area (Å²) in [4.78, 5) is 37.4.